The second kappa shape index (κ2) is 8.00. The van der Waals surface area contributed by atoms with Crippen LogP contribution in [0.1, 0.15) is 6.92 Å². The van der Waals surface area contributed by atoms with Crippen molar-refractivity contribution in [1.29, 1.82) is 0 Å². The summed E-state index contributed by atoms with van der Waals surface area (Å²) in [5.41, 5.74) is 2.75. The molecule has 25 heavy (non-hydrogen) atoms. The molecule has 3 aromatic rings. The summed E-state index contributed by atoms with van der Waals surface area (Å²) in [4.78, 5) is 0. The number of aromatic nitrogens is 2. The third kappa shape index (κ3) is 4.71. The number of nitrogens with zero attached hydrogens (tertiary/aromatic N) is 1. The first-order valence-electron chi connectivity index (χ1n) is 7.76. The van der Waals surface area contributed by atoms with Gasteiger partial charge >= 0.3 is 0 Å². The Morgan fingerprint density at radius 1 is 1.12 bits per heavy atom. The number of rotatable bonds is 5. The normalized spacial score (nSPS) is 10.3. The zero-order valence-electron chi connectivity index (χ0n) is 13.5. The number of benzene rings is 2. The number of H-pyrrole nitrogens is 1. The summed E-state index contributed by atoms with van der Waals surface area (Å²) < 4.78 is 5.45. The highest BCUT2D eigenvalue weighted by Crippen LogP contribution is 2.23. The summed E-state index contributed by atoms with van der Waals surface area (Å²) in [7, 11) is 0. The van der Waals surface area contributed by atoms with Crippen LogP contribution in [0.15, 0.2) is 54.6 Å². The monoisotopic (exact) mass is 372 g/mol. The Balaban J connectivity index is 1.62. The van der Waals surface area contributed by atoms with Crippen molar-refractivity contribution in [3.05, 3.63) is 59.6 Å². The van der Waals surface area contributed by atoms with Crippen LogP contribution in [0.25, 0.3) is 11.3 Å². The molecular weight excluding hydrogens is 356 g/mol. The van der Waals surface area contributed by atoms with Gasteiger partial charge in [0.15, 0.2) is 10.9 Å². The fraction of sp³-hybridized carbons (Fsp3) is 0.111. The molecule has 0 radical (unpaired) electrons. The third-order valence-electron chi connectivity index (χ3n) is 3.40. The van der Waals surface area contributed by atoms with Crippen molar-refractivity contribution in [3.63, 3.8) is 0 Å². The van der Waals surface area contributed by atoms with Gasteiger partial charge in [0.1, 0.15) is 5.75 Å². The van der Waals surface area contributed by atoms with Crippen molar-refractivity contribution >= 4 is 40.4 Å². The van der Waals surface area contributed by atoms with E-state index in [2.05, 4.69) is 20.8 Å². The van der Waals surface area contributed by atoms with Crippen molar-refractivity contribution in [3.8, 4) is 17.0 Å². The van der Waals surface area contributed by atoms with Gasteiger partial charge in [-0.25, -0.2) is 0 Å². The average molecular weight is 373 g/mol. The first-order chi connectivity index (χ1) is 12.1. The van der Waals surface area contributed by atoms with E-state index in [1.165, 1.54) is 0 Å². The first kappa shape index (κ1) is 17.3. The zero-order valence-corrected chi connectivity index (χ0v) is 15.1. The van der Waals surface area contributed by atoms with Gasteiger partial charge in [0.2, 0.25) is 0 Å². The highest BCUT2D eigenvalue weighted by Gasteiger charge is 2.06. The fourth-order valence-electron chi connectivity index (χ4n) is 2.24. The van der Waals surface area contributed by atoms with E-state index in [1.807, 2.05) is 49.4 Å². The van der Waals surface area contributed by atoms with Crippen LogP contribution < -0.4 is 15.4 Å². The SMILES string of the molecule is CCOc1ccc(-c2cc(NC(=S)Nc3ccc(Cl)cc3)n[nH]2)cc1. The molecule has 128 valence electrons. The molecule has 0 bridgehead atoms. The molecule has 0 aliphatic carbocycles. The van der Waals surface area contributed by atoms with Gasteiger partial charge in [0.05, 0.1) is 12.3 Å². The molecule has 0 aliphatic rings. The Labute approximate surface area is 156 Å². The van der Waals surface area contributed by atoms with E-state index >= 15 is 0 Å². The van der Waals surface area contributed by atoms with E-state index < -0.39 is 0 Å². The van der Waals surface area contributed by atoms with Crippen LogP contribution in [0, 0.1) is 0 Å². The Morgan fingerprint density at radius 2 is 1.84 bits per heavy atom. The molecule has 3 N–H and O–H groups in total. The Bertz CT molecular complexity index is 846. The van der Waals surface area contributed by atoms with Crippen LogP contribution in [0.4, 0.5) is 11.5 Å². The molecule has 0 saturated heterocycles. The molecule has 3 rings (SSSR count). The van der Waals surface area contributed by atoms with Gasteiger partial charge < -0.3 is 15.4 Å². The lowest BCUT2D eigenvalue weighted by Gasteiger charge is -2.08. The molecular formula is C18H17ClN4OS. The summed E-state index contributed by atoms with van der Waals surface area (Å²) in [6, 6.07) is 17.0. The van der Waals surface area contributed by atoms with E-state index in [0.717, 1.165) is 22.7 Å². The minimum atomic E-state index is 0.451. The minimum absolute atomic E-state index is 0.451. The molecule has 5 nitrogen and oxygen atoms in total. The molecule has 7 heteroatoms. The zero-order chi connectivity index (χ0) is 17.6. The van der Waals surface area contributed by atoms with E-state index in [4.69, 9.17) is 28.6 Å². The Morgan fingerprint density at radius 3 is 2.52 bits per heavy atom. The molecule has 0 unspecified atom stereocenters. The Hall–Kier alpha value is -2.57. The van der Waals surface area contributed by atoms with Crippen LogP contribution in [0.5, 0.6) is 5.75 Å². The van der Waals surface area contributed by atoms with Crippen LogP contribution in [-0.4, -0.2) is 21.9 Å². The number of hydrogen-bond acceptors (Lipinski definition) is 3. The number of hydrogen-bond donors (Lipinski definition) is 3. The van der Waals surface area contributed by atoms with E-state index in [0.29, 0.717) is 22.6 Å². The number of halogens is 1. The topological polar surface area (TPSA) is 62.0 Å². The molecule has 0 fully saturated rings. The number of nitrogens with one attached hydrogen (secondary N) is 3. The standard InChI is InChI=1S/C18H17ClN4OS/c1-2-24-15-9-3-12(4-10-15)16-11-17(23-22-16)21-18(25)20-14-7-5-13(19)6-8-14/h3-11H,2H2,1H3,(H3,20,21,22,23,25). The van der Waals surface area contributed by atoms with Gasteiger partial charge in [0.25, 0.3) is 0 Å². The summed E-state index contributed by atoms with van der Waals surface area (Å²) in [5, 5.41) is 14.5. The largest absolute Gasteiger partial charge is 0.494 e. The average Bonchev–Trinajstić information content (AvgIpc) is 3.06. The van der Waals surface area contributed by atoms with Crippen molar-refractivity contribution in [2.45, 2.75) is 6.92 Å². The van der Waals surface area contributed by atoms with Crippen molar-refractivity contribution in [1.82, 2.24) is 10.2 Å². The van der Waals surface area contributed by atoms with E-state index in [-0.39, 0.29) is 0 Å². The van der Waals surface area contributed by atoms with Crippen LogP contribution in [0.3, 0.4) is 0 Å². The summed E-state index contributed by atoms with van der Waals surface area (Å²) in [6.07, 6.45) is 0. The maximum absolute atomic E-state index is 5.87. The minimum Gasteiger partial charge on any atom is -0.494 e. The lowest BCUT2D eigenvalue weighted by atomic mass is 10.1. The van der Waals surface area contributed by atoms with Crippen molar-refractivity contribution in [2.75, 3.05) is 17.2 Å². The Kier molecular flexibility index (Phi) is 5.53. The molecule has 0 amide bonds. The highest BCUT2D eigenvalue weighted by molar-refractivity contribution is 7.80. The van der Waals surface area contributed by atoms with Crippen LogP contribution >= 0.6 is 23.8 Å². The van der Waals surface area contributed by atoms with Gasteiger partial charge in [0, 0.05) is 16.8 Å². The van der Waals surface area contributed by atoms with Crippen LogP contribution in [0.2, 0.25) is 5.02 Å². The summed E-state index contributed by atoms with van der Waals surface area (Å²) in [6.45, 7) is 2.61. The molecule has 0 aliphatic heterocycles. The maximum atomic E-state index is 5.87. The van der Waals surface area contributed by atoms with Crippen LogP contribution in [-0.2, 0) is 0 Å². The number of anilines is 2. The lowest BCUT2D eigenvalue weighted by molar-refractivity contribution is 0.340. The van der Waals surface area contributed by atoms with Crippen molar-refractivity contribution in [2.24, 2.45) is 0 Å². The molecule has 1 aromatic heterocycles. The number of ether oxygens (including phenoxy) is 1. The second-order valence-corrected chi connectivity index (χ2v) is 6.05. The quantitative estimate of drug-likeness (QED) is 0.554. The van der Waals surface area contributed by atoms with E-state index in [9.17, 15) is 0 Å². The second-order valence-electron chi connectivity index (χ2n) is 5.21. The molecule has 0 atom stereocenters. The molecule has 0 spiro atoms. The summed E-state index contributed by atoms with van der Waals surface area (Å²) in [5.74, 6) is 1.48. The molecule has 1 heterocycles. The van der Waals surface area contributed by atoms with Gasteiger partial charge in [-0.3, -0.25) is 5.10 Å². The predicted molar refractivity (Wildman–Crippen MR) is 106 cm³/mol. The smallest absolute Gasteiger partial charge is 0.176 e. The first-order valence-corrected chi connectivity index (χ1v) is 8.55. The maximum Gasteiger partial charge on any atom is 0.176 e. The van der Waals surface area contributed by atoms with Gasteiger partial charge in [-0.15, -0.1) is 0 Å². The number of aromatic amines is 1. The fourth-order valence-corrected chi connectivity index (χ4v) is 2.59. The predicted octanol–water partition coefficient (Wildman–Crippen LogP) is 4.94. The van der Waals surface area contributed by atoms with Gasteiger partial charge in [-0.2, -0.15) is 5.10 Å². The van der Waals surface area contributed by atoms with Gasteiger partial charge in [-0.1, -0.05) is 11.6 Å². The molecule has 2 aromatic carbocycles. The molecule has 0 saturated carbocycles. The summed E-state index contributed by atoms with van der Waals surface area (Å²) >= 11 is 11.2. The highest BCUT2D eigenvalue weighted by atomic mass is 35.5. The van der Waals surface area contributed by atoms with Gasteiger partial charge in [-0.05, 0) is 73.2 Å². The van der Waals surface area contributed by atoms with E-state index in [1.54, 1.807) is 12.1 Å². The number of thiocarbonyl (C=S) groups is 1. The van der Waals surface area contributed by atoms with Crippen molar-refractivity contribution < 1.29 is 4.74 Å². The third-order valence-corrected chi connectivity index (χ3v) is 3.85. The lowest BCUT2D eigenvalue weighted by Crippen LogP contribution is -2.19.